The van der Waals surface area contributed by atoms with Crippen LogP contribution in [-0.4, -0.2) is 78.7 Å². The van der Waals surface area contributed by atoms with Crippen LogP contribution in [0.2, 0.25) is 0 Å². The summed E-state index contributed by atoms with van der Waals surface area (Å²) in [6.45, 7) is 0.299. The van der Waals surface area contributed by atoms with Crippen molar-refractivity contribution >= 4 is 41.2 Å². The van der Waals surface area contributed by atoms with E-state index in [4.69, 9.17) is 9.47 Å². The first-order valence-corrected chi connectivity index (χ1v) is 14.5. The largest absolute Gasteiger partial charge is 0.497 e. The van der Waals surface area contributed by atoms with Gasteiger partial charge in [0.2, 0.25) is 17.7 Å². The lowest BCUT2D eigenvalue weighted by atomic mass is 9.91. The Morgan fingerprint density at radius 2 is 1.89 bits per heavy atom. The fraction of sp³-hybridized carbons (Fsp3) is 0.640. The molecule has 1 aliphatic heterocycles. The third kappa shape index (κ3) is 8.61. The third-order valence-corrected chi connectivity index (χ3v) is 8.68. The first-order chi connectivity index (χ1) is 17.0. The monoisotopic (exact) mass is 523 g/mol. The Bertz CT molecular complexity index is 833. The highest BCUT2D eigenvalue weighted by atomic mass is 32.2. The van der Waals surface area contributed by atoms with E-state index in [0.29, 0.717) is 29.8 Å². The Labute approximate surface area is 216 Å². The lowest BCUT2D eigenvalue weighted by Gasteiger charge is -2.26. The van der Waals surface area contributed by atoms with E-state index in [-0.39, 0.29) is 24.3 Å². The first kappa shape index (κ1) is 27.7. The second kappa shape index (κ2) is 14.6. The average molecular weight is 524 g/mol. The van der Waals surface area contributed by atoms with Gasteiger partial charge in [-0.25, -0.2) is 0 Å². The van der Waals surface area contributed by atoms with Crippen molar-refractivity contribution in [3.05, 3.63) is 29.8 Å². The van der Waals surface area contributed by atoms with E-state index in [1.54, 1.807) is 18.9 Å². The van der Waals surface area contributed by atoms with Crippen molar-refractivity contribution in [3.8, 4) is 5.75 Å². The summed E-state index contributed by atoms with van der Waals surface area (Å²) in [5.74, 6) is 3.17. The summed E-state index contributed by atoms with van der Waals surface area (Å²) in [6, 6.07) is 6.25. The van der Waals surface area contributed by atoms with Gasteiger partial charge in [0.25, 0.3) is 0 Å². The predicted molar refractivity (Wildman–Crippen MR) is 141 cm³/mol. The molecule has 2 fully saturated rings. The minimum absolute atomic E-state index is 0.0621. The normalized spacial score (nSPS) is 19.3. The molecule has 2 atom stereocenters. The maximum atomic E-state index is 13.1. The van der Waals surface area contributed by atoms with Gasteiger partial charge in [0.05, 0.1) is 13.0 Å². The van der Waals surface area contributed by atoms with Crippen LogP contribution in [0.1, 0.15) is 37.7 Å². The lowest BCUT2D eigenvalue weighted by Crippen LogP contribution is -2.55. The van der Waals surface area contributed by atoms with Crippen LogP contribution in [0.3, 0.4) is 0 Å². The van der Waals surface area contributed by atoms with Crippen molar-refractivity contribution in [1.82, 2.24) is 15.5 Å². The molecule has 194 valence electrons. The minimum atomic E-state index is -0.667. The molecule has 3 rings (SSSR count). The molecule has 0 unspecified atom stereocenters. The number of nitrogens with zero attached hydrogens (tertiary/aromatic N) is 1. The van der Waals surface area contributed by atoms with E-state index in [9.17, 15) is 14.4 Å². The van der Waals surface area contributed by atoms with Crippen LogP contribution in [0.5, 0.6) is 5.75 Å². The first-order valence-electron chi connectivity index (χ1n) is 12.2. The van der Waals surface area contributed by atoms with Crippen LogP contribution in [0, 0.1) is 5.92 Å². The molecular weight excluding hydrogens is 486 g/mol. The van der Waals surface area contributed by atoms with Gasteiger partial charge < -0.3 is 25.0 Å². The zero-order chi connectivity index (χ0) is 25.0. The van der Waals surface area contributed by atoms with Crippen molar-refractivity contribution in [2.45, 2.75) is 50.7 Å². The number of rotatable bonds is 12. The van der Waals surface area contributed by atoms with Crippen LogP contribution in [0.15, 0.2) is 24.3 Å². The van der Waals surface area contributed by atoms with Crippen molar-refractivity contribution in [2.24, 2.45) is 5.92 Å². The van der Waals surface area contributed by atoms with Crippen molar-refractivity contribution in [1.29, 1.82) is 0 Å². The minimum Gasteiger partial charge on any atom is -0.497 e. The number of hydrogen-bond acceptors (Lipinski definition) is 7. The maximum absolute atomic E-state index is 13.1. The second-order valence-electron chi connectivity index (χ2n) is 8.98. The number of thioether (sulfide) groups is 2. The molecule has 8 nitrogen and oxygen atoms in total. The number of carbonyl (C=O) groups is 3. The molecule has 1 aliphatic carbocycles. The Kier molecular flexibility index (Phi) is 11.5. The highest BCUT2D eigenvalue weighted by Gasteiger charge is 2.36. The Balaban J connectivity index is 1.59. The quantitative estimate of drug-likeness (QED) is 0.435. The van der Waals surface area contributed by atoms with E-state index >= 15 is 0 Å². The molecule has 0 radical (unpaired) electrons. The smallest absolute Gasteiger partial charge is 0.249 e. The van der Waals surface area contributed by atoms with Crippen LogP contribution in [0.4, 0.5) is 0 Å². The van der Waals surface area contributed by atoms with Gasteiger partial charge >= 0.3 is 0 Å². The summed E-state index contributed by atoms with van der Waals surface area (Å²) in [5.41, 5.74) is 0.947. The molecule has 2 N–H and O–H groups in total. The van der Waals surface area contributed by atoms with Gasteiger partial charge in [-0.05, 0) is 42.2 Å². The molecule has 2 aliphatic rings. The molecule has 0 aromatic heterocycles. The standard InChI is InChI=1S/C25H37N3O5S2/c1-32-13-23(29)28-17-35-16-22(28)25(31)27-21(15-34-14-19-6-4-3-5-7-19)24(30)26-12-18-8-10-20(33-2)11-9-18/h8-11,19,21-22H,3-7,12-17H2,1-2H3,(H,26,30)(H,27,31)/t21-,22-/m0/s1. The highest BCUT2D eigenvalue weighted by molar-refractivity contribution is 7.99. The second-order valence-corrected chi connectivity index (χ2v) is 11.1. The SMILES string of the molecule is COCC(=O)N1CSC[C@H]1C(=O)N[C@@H](CSCC1CCCCC1)C(=O)NCc1ccc(OC)cc1. The third-order valence-electron chi connectivity index (χ3n) is 6.39. The molecule has 0 bridgehead atoms. The number of nitrogens with one attached hydrogen (secondary N) is 2. The van der Waals surface area contributed by atoms with Crippen molar-refractivity contribution < 1.29 is 23.9 Å². The fourth-order valence-corrected chi connectivity index (χ4v) is 6.78. The fourth-order valence-electron chi connectivity index (χ4n) is 4.32. The van der Waals surface area contributed by atoms with Gasteiger partial charge in [-0.1, -0.05) is 31.4 Å². The summed E-state index contributed by atoms with van der Waals surface area (Å²) in [7, 11) is 3.07. The van der Waals surface area contributed by atoms with Crippen molar-refractivity contribution in [2.75, 3.05) is 44.0 Å². The zero-order valence-corrected chi connectivity index (χ0v) is 22.3. The van der Waals surface area contributed by atoms with Gasteiger partial charge in [-0.3, -0.25) is 14.4 Å². The molecule has 3 amide bonds. The number of amides is 3. The van der Waals surface area contributed by atoms with Crippen LogP contribution in [0.25, 0.3) is 0 Å². The Hall–Kier alpha value is -1.91. The van der Waals surface area contributed by atoms with E-state index in [2.05, 4.69) is 10.6 Å². The molecular formula is C25H37N3O5S2. The lowest BCUT2D eigenvalue weighted by molar-refractivity contribution is -0.141. The van der Waals surface area contributed by atoms with Crippen LogP contribution in [-0.2, 0) is 25.7 Å². The molecule has 1 aromatic carbocycles. The molecule has 0 spiro atoms. The van der Waals surface area contributed by atoms with E-state index in [0.717, 1.165) is 17.1 Å². The van der Waals surface area contributed by atoms with Gasteiger partial charge in [0, 0.05) is 25.2 Å². The molecule has 1 saturated heterocycles. The molecule has 35 heavy (non-hydrogen) atoms. The van der Waals surface area contributed by atoms with Crippen molar-refractivity contribution in [3.63, 3.8) is 0 Å². The number of carbonyl (C=O) groups excluding carboxylic acids is 3. The summed E-state index contributed by atoms with van der Waals surface area (Å²) in [6.07, 6.45) is 6.34. The average Bonchev–Trinajstić information content (AvgIpc) is 3.38. The number of benzene rings is 1. The summed E-state index contributed by atoms with van der Waals surface area (Å²) < 4.78 is 10.1. The van der Waals surface area contributed by atoms with Gasteiger partial charge in [-0.15, -0.1) is 11.8 Å². The molecule has 1 saturated carbocycles. The van der Waals surface area contributed by atoms with Gasteiger partial charge in [0.15, 0.2) is 0 Å². The topological polar surface area (TPSA) is 97.0 Å². The molecule has 1 aromatic rings. The summed E-state index contributed by atoms with van der Waals surface area (Å²) in [4.78, 5) is 40.1. The summed E-state index contributed by atoms with van der Waals surface area (Å²) in [5, 5.41) is 5.90. The van der Waals surface area contributed by atoms with Crippen LogP contribution < -0.4 is 15.4 Å². The van der Waals surface area contributed by atoms with E-state index in [1.165, 1.54) is 55.9 Å². The maximum Gasteiger partial charge on any atom is 0.249 e. The number of methoxy groups -OCH3 is 2. The van der Waals surface area contributed by atoms with E-state index in [1.807, 2.05) is 24.3 Å². The number of ether oxygens (including phenoxy) is 2. The van der Waals surface area contributed by atoms with Gasteiger partial charge in [0.1, 0.15) is 24.4 Å². The summed E-state index contributed by atoms with van der Waals surface area (Å²) >= 11 is 3.25. The molecule has 10 heteroatoms. The Morgan fingerprint density at radius 3 is 2.57 bits per heavy atom. The van der Waals surface area contributed by atoms with E-state index < -0.39 is 12.1 Å². The predicted octanol–water partition coefficient (Wildman–Crippen LogP) is 2.66. The number of hydrogen-bond donors (Lipinski definition) is 2. The van der Waals surface area contributed by atoms with Crippen LogP contribution >= 0.6 is 23.5 Å². The zero-order valence-electron chi connectivity index (χ0n) is 20.6. The van der Waals surface area contributed by atoms with Gasteiger partial charge in [-0.2, -0.15) is 11.8 Å². The highest BCUT2D eigenvalue weighted by Crippen LogP contribution is 2.27. The molecule has 1 heterocycles. The Morgan fingerprint density at radius 1 is 1.14 bits per heavy atom.